The van der Waals surface area contributed by atoms with E-state index >= 15 is 0 Å². The first-order valence-corrected chi connectivity index (χ1v) is 20.0. The first kappa shape index (κ1) is 42.1. The number of rotatable bonds is 22. The average molecular weight is 775 g/mol. The fourth-order valence-corrected chi connectivity index (χ4v) is 8.12. The van der Waals surface area contributed by atoms with E-state index in [0.717, 1.165) is 19.3 Å². The SMILES string of the molecule is CC1C(CCCCCC(=O)NCCNC(=O)C(CS(=O)CCC(=O)ON2C(=O)CCC2=O)CS(=O)CCC(=O)ON2C(=O)CCC2=O)NC(=O)N1C. The number of hydrogen-bond acceptors (Lipinski definition) is 13. The van der Waals surface area contributed by atoms with Crippen LogP contribution in [0.5, 0.6) is 0 Å². The summed E-state index contributed by atoms with van der Waals surface area (Å²) < 4.78 is 25.7. The van der Waals surface area contributed by atoms with Crippen molar-refractivity contribution in [2.24, 2.45) is 5.92 Å². The van der Waals surface area contributed by atoms with Crippen molar-refractivity contribution in [3.63, 3.8) is 0 Å². The summed E-state index contributed by atoms with van der Waals surface area (Å²) in [6.07, 6.45) is 2.08. The maximum atomic E-state index is 13.1. The van der Waals surface area contributed by atoms with Crippen LogP contribution < -0.4 is 16.0 Å². The van der Waals surface area contributed by atoms with Crippen molar-refractivity contribution in [1.29, 1.82) is 0 Å². The molecule has 0 aromatic heterocycles. The second-order valence-corrected chi connectivity index (χ2v) is 15.8. The number of imide groups is 2. The van der Waals surface area contributed by atoms with E-state index in [1.807, 2.05) is 6.92 Å². The number of urea groups is 1. The topological polar surface area (TPSA) is 252 Å². The Bertz CT molecular complexity index is 1360. The summed E-state index contributed by atoms with van der Waals surface area (Å²) in [7, 11) is -1.91. The zero-order valence-electron chi connectivity index (χ0n) is 29.2. The molecule has 3 rings (SSSR count). The van der Waals surface area contributed by atoms with Crippen LogP contribution in [-0.2, 0) is 69.6 Å². The zero-order valence-corrected chi connectivity index (χ0v) is 30.9. The van der Waals surface area contributed by atoms with Crippen molar-refractivity contribution in [2.45, 2.75) is 89.6 Å². The monoisotopic (exact) mass is 774 g/mol. The summed E-state index contributed by atoms with van der Waals surface area (Å²) in [5.74, 6) is -7.87. The van der Waals surface area contributed by atoms with E-state index in [1.54, 1.807) is 11.9 Å². The van der Waals surface area contributed by atoms with Crippen LogP contribution in [0.3, 0.4) is 0 Å². The molecule has 3 saturated heterocycles. The highest BCUT2D eigenvalue weighted by Gasteiger charge is 2.35. The third-order valence-electron chi connectivity index (χ3n) is 8.60. The van der Waals surface area contributed by atoms with Gasteiger partial charge in [-0.05, 0) is 19.8 Å². The minimum atomic E-state index is -1.83. The molecule has 0 spiro atoms. The van der Waals surface area contributed by atoms with Crippen LogP contribution in [0.4, 0.5) is 4.79 Å². The van der Waals surface area contributed by atoms with Crippen molar-refractivity contribution in [2.75, 3.05) is 43.1 Å². The smallest absolute Gasteiger partial charge is 0.334 e. The lowest BCUT2D eigenvalue weighted by atomic mass is 10.0. The van der Waals surface area contributed by atoms with Gasteiger partial charge in [-0.3, -0.25) is 37.2 Å². The summed E-state index contributed by atoms with van der Waals surface area (Å²) in [4.78, 5) is 119. The molecular weight excluding hydrogens is 729 g/mol. The van der Waals surface area contributed by atoms with Gasteiger partial charge in [0.2, 0.25) is 11.8 Å². The van der Waals surface area contributed by atoms with E-state index in [0.29, 0.717) is 16.5 Å². The first-order valence-electron chi connectivity index (χ1n) is 17.1. The third-order valence-corrected chi connectivity index (χ3v) is 11.5. The van der Waals surface area contributed by atoms with Crippen molar-refractivity contribution in [3.8, 4) is 0 Å². The van der Waals surface area contributed by atoms with Gasteiger partial charge in [0.05, 0.1) is 30.8 Å². The van der Waals surface area contributed by atoms with Crippen LogP contribution in [0, 0.1) is 5.92 Å². The van der Waals surface area contributed by atoms with E-state index in [-0.39, 0.29) is 92.2 Å². The van der Waals surface area contributed by atoms with E-state index in [4.69, 9.17) is 9.68 Å². The number of carbonyl (C=O) groups is 9. The maximum Gasteiger partial charge on any atom is 0.334 e. The zero-order chi connectivity index (χ0) is 38.4. The summed E-state index contributed by atoms with van der Waals surface area (Å²) in [5, 5.41) is 8.97. The Morgan fingerprint density at radius 1 is 0.750 bits per heavy atom. The molecule has 52 heavy (non-hydrogen) atoms. The molecule has 4 atom stereocenters. The molecule has 3 aliphatic rings. The van der Waals surface area contributed by atoms with Crippen molar-refractivity contribution >= 4 is 75.0 Å². The largest absolute Gasteiger partial charge is 0.354 e. The Kier molecular flexibility index (Phi) is 16.8. The van der Waals surface area contributed by atoms with E-state index in [1.165, 1.54) is 0 Å². The van der Waals surface area contributed by atoms with Crippen molar-refractivity contribution in [1.82, 2.24) is 31.0 Å². The number of likely N-dealkylation sites (N-methyl/N-ethyl adjacent to an activating group) is 1. The van der Waals surface area contributed by atoms with Crippen LogP contribution in [0.15, 0.2) is 0 Å². The molecule has 0 radical (unpaired) electrons. The molecule has 0 aromatic carbocycles. The minimum Gasteiger partial charge on any atom is -0.354 e. The molecule has 0 saturated carbocycles. The molecular formula is C31H46N6O13S2. The molecule has 290 valence electrons. The van der Waals surface area contributed by atoms with Crippen LogP contribution in [-0.4, -0.2) is 132 Å². The minimum absolute atomic E-state index is 0.00155. The van der Waals surface area contributed by atoms with Gasteiger partial charge in [-0.1, -0.05) is 12.8 Å². The van der Waals surface area contributed by atoms with Gasteiger partial charge in [0, 0.05) is 96.9 Å². The summed E-state index contributed by atoms with van der Waals surface area (Å²) in [6.45, 7) is 2.06. The van der Waals surface area contributed by atoms with Gasteiger partial charge < -0.3 is 30.5 Å². The molecule has 0 aromatic rings. The number of amides is 8. The molecule has 0 aliphatic carbocycles. The van der Waals surface area contributed by atoms with Gasteiger partial charge in [0.1, 0.15) is 0 Å². The molecule has 4 unspecified atom stereocenters. The van der Waals surface area contributed by atoms with Crippen LogP contribution in [0.1, 0.15) is 77.6 Å². The van der Waals surface area contributed by atoms with Gasteiger partial charge in [-0.2, -0.15) is 0 Å². The van der Waals surface area contributed by atoms with Crippen LogP contribution in [0.25, 0.3) is 0 Å². The van der Waals surface area contributed by atoms with Gasteiger partial charge in [0.25, 0.3) is 23.6 Å². The molecule has 3 heterocycles. The number of unbranched alkanes of at least 4 members (excludes halogenated alkanes) is 2. The number of nitrogens with one attached hydrogen (secondary N) is 3. The lowest BCUT2D eigenvalue weighted by Crippen LogP contribution is -2.41. The lowest BCUT2D eigenvalue weighted by Gasteiger charge is -2.18. The van der Waals surface area contributed by atoms with Gasteiger partial charge in [-0.25, -0.2) is 14.4 Å². The fraction of sp³-hybridized carbons (Fsp3) is 0.710. The highest BCUT2D eigenvalue weighted by molar-refractivity contribution is 7.86. The summed E-state index contributed by atoms with van der Waals surface area (Å²) in [6, 6.07) is 0.0684. The first-order chi connectivity index (χ1) is 24.7. The number of nitrogens with zero attached hydrogens (tertiary/aromatic N) is 3. The van der Waals surface area contributed by atoms with E-state index in [9.17, 15) is 51.6 Å². The predicted molar refractivity (Wildman–Crippen MR) is 181 cm³/mol. The highest BCUT2D eigenvalue weighted by atomic mass is 32.2. The quantitative estimate of drug-likeness (QED) is 0.0855. The standard InChI is InChI=1S/C31H46N6O13S2/c1-20-22(34-31(46)35(20)2)6-4-3-5-7-23(38)32-14-15-33-30(45)21(18-51(47)16-12-28(43)49-36-24(39)8-9-25(36)40)19-52(48)17-13-29(44)50-37-26(41)10-11-27(37)42/h20-22H,3-19H2,1-2H3,(H,32,38)(H,33,45)(H,34,46). The Morgan fingerprint density at radius 3 is 1.69 bits per heavy atom. The number of hydroxylamine groups is 4. The second-order valence-electron chi connectivity index (χ2n) is 12.6. The summed E-state index contributed by atoms with van der Waals surface area (Å²) in [5.41, 5.74) is 0. The molecule has 21 heteroatoms. The van der Waals surface area contributed by atoms with Gasteiger partial charge in [0.15, 0.2) is 0 Å². The Morgan fingerprint density at radius 2 is 1.23 bits per heavy atom. The van der Waals surface area contributed by atoms with E-state index < -0.39 is 81.8 Å². The Labute approximate surface area is 305 Å². The molecule has 3 N–H and O–H groups in total. The Balaban J connectivity index is 1.42. The average Bonchev–Trinajstić information content (AvgIpc) is 3.68. The van der Waals surface area contributed by atoms with Gasteiger partial charge >= 0.3 is 18.0 Å². The normalized spacial score (nSPS) is 20.5. The van der Waals surface area contributed by atoms with Crippen molar-refractivity contribution in [3.05, 3.63) is 0 Å². The predicted octanol–water partition coefficient (Wildman–Crippen LogP) is -1.31. The van der Waals surface area contributed by atoms with Crippen LogP contribution >= 0.6 is 0 Å². The summed E-state index contributed by atoms with van der Waals surface area (Å²) >= 11 is 0. The molecule has 0 bridgehead atoms. The van der Waals surface area contributed by atoms with Crippen molar-refractivity contribution < 1.29 is 61.2 Å². The Hall–Kier alpha value is -4.27. The van der Waals surface area contributed by atoms with Crippen LogP contribution in [0.2, 0.25) is 0 Å². The van der Waals surface area contributed by atoms with E-state index in [2.05, 4.69) is 16.0 Å². The molecule has 3 fully saturated rings. The molecule has 3 aliphatic heterocycles. The third kappa shape index (κ3) is 13.4. The fourth-order valence-electron chi connectivity index (χ4n) is 5.42. The highest BCUT2D eigenvalue weighted by Crippen LogP contribution is 2.17. The lowest BCUT2D eigenvalue weighted by molar-refractivity contribution is -0.197. The molecule has 8 amide bonds. The number of hydrogen-bond donors (Lipinski definition) is 3. The molecule has 19 nitrogen and oxygen atoms in total. The van der Waals surface area contributed by atoms with Gasteiger partial charge in [-0.15, -0.1) is 10.1 Å². The maximum absolute atomic E-state index is 13.1. The number of carbonyl (C=O) groups excluding carboxylic acids is 9. The second kappa shape index (κ2) is 20.7.